The number of benzene rings is 1. The van der Waals surface area contributed by atoms with Gasteiger partial charge in [-0.1, -0.05) is 12.1 Å². The summed E-state index contributed by atoms with van der Waals surface area (Å²) in [5, 5.41) is 3.91. The van der Waals surface area contributed by atoms with Gasteiger partial charge >= 0.3 is 0 Å². The molecule has 0 saturated carbocycles. The SMILES string of the molecule is O=C(NCCCCN1CCN(c2cccc3c2OCC3)CC1)c1c[nH]c2ncccc12. The van der Waals surface area contributed by atoms with Crippen LogP contribution in [0.5, 0.6) is 5.75 Å². The molecule has 4 heterocycles. The summed E-state index contributed by atoms with van der Waals surface area (Å²) in [6.07, 6.45) is 6.54. The second-order valence-electron chi connectivity index (χ2n) is 8.26. The number of anilines is 1. The van der Waals surface area contributed by atoms with Gasteiger partial charge in [0, 0.05) is 56.9 Å². The lowest BCUT2D eigenvalue weighted by molar-refractivity contribution is 0.0954. The number of aromatic nitrogens is 2. The van der Waals surface area contributed by atoms with Gasteiger partial charge < -0.3 is 19.9 Å². The van der Waals surface area contributed by atoms with Crippen molar-refractivity contribution < 1.29 is 9.53 Å². The van der Waals surface area contributed by atoms with Crippen molar-refractivity contribution in [2.24, 2.45) is 0 Å². The zero-order valence-corrected chi connectivity index (χ0v) is 17.8. The molecule has 2 aliphatic rings. The molecule has 0 bridgehead atoms. The standard InChI is InChI=1S/C24H29N5O2/c30-24(20-17-27-23-19(20)6-4-10-25-23)26-9-1-2-11-28-12-14-29(15-13-28)21-7-3-5-18-8-16-31-22(18)21/h3-7,10,17H,1-2,8-9,11-16H2,(H,25,27)(H,26,30). The number of unbranched alkanes of at least 4 members (excludes halogenated alkanes) is 1. The number of pyridine rings is 1. The first-order chi connectivity index (χ1) is 15.3. The average molecular weight is 420 g/mol. The van der Waals surface area contributed by atoms with Crippen molar-refractivity contribution in [3.05, 3.63) is 53.9 Å². The molecule has 7 nitrogen and oxygen atoms in total. The van der Waals surface area contributed by atoms with Gasteiger partial charge in [-0.25, -0.2) is 4.98 Å². The van der Waals surface area contributed by atoms with Gasteiger partial charge in [-0.3, -0.25) is 9.69 Å². The van der Waals surface area contributed by atoms with Gasteiger partial charge in [0.2, 0.25) is 0 Å². The molecule has 3 aromatic rings. The molecule has 1 amide bonds. The van der Waals surface area contributed by atoms with Crippen molar-refractivity contribution in [2.75, 3.05) is 50.8 Å². The molecule has 0 radical (unpaired) electrons. The Hall–Kier alpha value is -3.06. The molecule has 2 aromatic heterocycles. The predicted molar refractivity (Wildman–Crippen MR) is 122 cm³/mol. The van der Waals surface area contributed by atoms with Gasteiger partial charge in [-0.15, -0.1) is 0 Å². The Morgan fingerprint density at radius 2 is 2.03 bits per heavy atom. The number of para-hydroxylation sites is 1. The molecule has 7 heteroatoms. The van der Waals surface area contributed by atoms with Crippen LogP contribution in [0, 0.1) is 0 Å². The molecule has 162 valence electrons. The number of hydrogen-bond acceptors (Lipinski definition) is 5. The van der Waals surface area contributed by atoms with E-state index in [9.17, 15) is 4.79 Å². The van der Waals surface area contributed by atoms with Crippen molar-refractivity contribution in [2.45, 2.75) is 19.3 Å². The third-order valence-electron chi connectivity index (χ3n) is 6.29. The van der Waals surface area contributed by atoms with E-state index in [2.05, 4.69) is 43.3 Å². The van der Waals surface area contributed by atoms with E-state index in [1.807, 2.05) is 12.1 Å². The van der Waals surface area contributed by atoms with E-state index in [1.165, 1.54) is 11.3 Å². The molecule has 0 atom stereocenters. The fraction of sp³-hybridized carbons (Fsp3) is 0.417. The van der Waals surface area contributed by atoms with Crippen LogP contribution in [0.15, 0.2) is 42.7 Å². The summed E-state index contributed by atoms with van der Waals surface area (Å²) in [6, 6.07) is 10.3. The number of hydrogen-bond donors (Lipinski definition) is 2. The average Bonchev–Trinajstić information content (AvgIpc) is 3.46. The number of carbonyl (C=O) groups excluding carboxylic acids is 1. The zero-order chi connectivity index (χ0) is 21.0. The maximum Gasteiger partial charge on any atom is 0.253 e. The van der Waals surface area contributed by atoms with Crippen LogP contribution in [0.4, 0.5) is 5.69 Å². The van der Waals surface area contributed by atoms with Gasteiger partial charge in [-0.05, 0) is 43.1 Å². The van der Waals surface area contributed by atoms with Crippen LogP contribution < -0.4 is 15.0 Å². The highest BCUT2D eigenvalue weighted by Crippen LogP contribution is 2.36. The first-order valence-corrected chi connectivity index (χ1v) is 11.2. The van der Waals surface area contributed by atoms with Crippen molar-refractivity contribution in [1.82, 2.24) is 20.2 Å². The molecule has 5 rings (SSSR count). The summed E-state index contributed by atoms with van der Waals surface area (Å²) in [5.41, 5.74) is 4.00. The Bertz CT molecular complexity index is 1060. The summed E-state index contributed by atoms with van der Waals surface area (Å²) < 4.78 is 5.88. The van der Waals surface area contributed by atoms with E-state index >= 15 is 0 Å². The van der Waals surface area contributed by atoms with E-state index in [4.69, 9.17) is 4.74 Å². The second kappa shape index (κ2) is 8.98. The van der Waals surface area contributed by atoms with Crippen molar-refractivity contribution in [1.29, 1.82) is 0 Å². The van der Waals surface area contributed by atoms with E-state index in [1.54, 1.807) is 12.4 Å². The third-order valence-corrected chi connectivity index (χ3v) is 6.29. The normalized spacial score (nSPS) is 16.3. The van der Waals surface area contributed by atoms with Gasteiger partial charge in [0.05, 0.1) is 17.9 Å². The summed E-state index contributed by atoms with van der Waals surface area (Å²) >= 11 is 0. The van der Waals surface area contributed by atoms with Crippen LogP contribution >= 0.6 is 0 Å². The minimum absolute atomic E-state index is 0.0366. The van der Waals surface area contributed by atoms with Crippen molar-refractivity contribution in [3.8, 4) is 5.75 Å². The minimum Gasteiger partial charge on any atom is -0.491 e. The zero-order valence-electron chi connectivity index (χ0n) is 17.8. The Labute approximate surface area is 182 Å². The maximum atomic E-state index is 12.5. The molecule has 31 heavy (non-hydrogen) atoms. The largest absolute Gasteiger partial charge is 0.491 e. The van der Waals surface area contributed by atoms with Gasteiger partial charge in [-0.2, -0.15) is 0 Å². The molecule has 1 aromatic carbocycles. The maximum absolute atomic E-state index is 12.5. The lowest BCUT2D eigenvalue weighted by atomic mass is 10.1. The fourth-order valence-electron chi connectivity index (χ4n) is 4.56. The molecule has 0 aliphatic carbocycles. The Balaban J connectivity index is 1.03. The molecule has 2 N–H and O–H groups in total. The highest BCUT2D eigenvalue weighted by atomic mass is 16.5. The number of piperazine rings is 1. The fourth-order valence-corrected chi connectivity index (χ4v) is 4.56. The van der Waals surface area contributed by atoms with E-state index in [0.717, 1.165) is 75.4 Å². The number of fused-ring (bicyclic) bond motifs is 2. The topological polar surface area (TPSA) is 73.5 Å². The van der Waals surface area contributed by atoms with Crippen LogP contribution in [-0.4, -0.2) is 66.7 Å². The number of carbonyl (C=O) groups is 1. The van der Waals surface area contributed by atoms with Crippen LogP contribution in [0.2, 0.25) is 0 Å². The molecular formula is C24H29N5O2. The number of amides is 1. The number of aromatic amines is 1. The van der Waals surface area contributed by atoms with Crippen molar-refractivity contribution >= 4 is 22.6 Å². The third kappa shape index (κ3) is 4.23. The minimum atomic E-state index is -0.0366. The number of H-pyrrole nitrogens is 1. The van der Waals surface area contributed by atoms with E-state index in [-0.39, 0.29) is 5.91 Å². The highest BCUT2D eigenvalue weighted by molar-refractivity contribution is 6.05. The molecule has 2 aliphatic heterocycles. The smallest absolute Gasteiger partial charge is 0.253 e. The summed E-state index contributed by atoms with van der Waals surface area (Å²) in [5.74, 6) is 1.06. The molecule has 1 fully saturated rings. The first kappa shape index (κ1) is 19.9. The Morgan fingerprint density at radius 1 is 1.13 bits per heavy atom. The molecule has 0 spiro atoms. The van der Waals surface area contributed by atoms with Crippen LogP contribution in [0.1, 0.15) is 28.8 Å². The predicted octanol–water partition coefficient (Wildman–Crippen LogP) is 2.83. The number of ether oxygens (including phenoxy) is 1. The quantitative estimate of drug-likeness (QED) is 0.576. The van der Waals surface area contributed by atoms with Gasteiger partial charge in [0.15, 0.2) is 0 Å². The van der Waals surface area contributed by atoms with Crippen LogP contribution in [0.25, 0.3) is 11.0 Å². The number of nitrogens with one attached hydrogen (secondary N) is 2. The van der Waals surface area contributed by atoms with Crippen LogP contribution in [-0.2, 0) is 6.42 Å². The summed E-state index contributed by atoms with van der Waals surface area (Å²) in [4.78, 5) is 24.7. The number of rotatable bonds is 7. The molecular weight excluding hydrogens is 390 g/mol. The Morgan fingerprint density at radius 3 is 2.94 bits per heavy atom. The van der Waals surface area contributed by atoms with E-state index in [0.29, 0.717) is 12.1 Å². The summed E-state index contributed by atoms with van der Waals surface area (Å²) in [7, 11) is 0. The second-order valence-corrected chi connectivity index (χ2v) is 8.26. The van der Waals surface area contributed by atoms with Gasteiger partial charge in [0.25, 0.3) is 5.91 Å². The highest BCUT2D eigenvalue weighted by Gasteiger charge is 2.23. The van der Waals surface area contributed by atoms with E-state index < -0.39 is 0 Å². The first-order valence-electron chi connectivity index (χ1n) is 11.2. The van der Waals surface area contributed by atoms with Crippen LogP contribution in [0.3, 0.4) is 0 Å². The summed E-state index contributed by atoms with van der Waals surface area (Å²) in [6.45, 7) is 6.77. The lowest BCUT2D eigenvalue weighted by Crippen LogP contribution is -2.46. The van der Waals surface area contributed by atoms with Crippen molar-refractivity contribution in [3.63, 3.8) is 0 Å². The number of nitrogens with zero attached hydrogens (tertiary/aromatic N) is 3. The van der Waals surface area contributed by atoms with Gasteiger partial charge in [0.1, 0.15) is 11.4 Å². The monoisotopic (exact) mass is 419 g/mol. The molecule has 0 unspecified atom stereocenters. The lowest BCUT2D eigenvalue weighted by Gasteiger charge is -2.36. The Kier molecular flexibility index (Phi) is 5.76. The molecule has 1 saturated heterocycles.